The van der Waals surface area contributed by atoms with Crippen molar-refractivity contribution in [2.75, 3.05) is 45.2 Å². The van der Waals surface area contributed by atoms with Gasteiger partial charge in [0.15, 0.2) is 15.6 Å². The van der Waals surface area contributed by atoms with Gasteiger partial charge in [0.2, 0.25) is 0 Å². The number of benzene rings is 1. The lowest BCUT2D eigenvalue weighted by Gasteiger charge is -2.20. The fourth-order valence-electron chi connectivity index (χ4n) is 1.82. The average Bonchev–Trinajstić information content (AvgIpc) is 2.34. The lowest BCUT2D eigenvalue weighted by molar-refractivity contribution is 0.102. The Morgan fingerprint density at radius 2 is 1.60 bits per heavy atom. The van der Waals surface area contributed by atoms with Gasteiger partial charge >= 0.3 is 0 Å². The van der Waals surface area contributed by atoms with Crippen molar-refractivity contribution < 1.29 is 22.7 Å². The smallest absolute Gasteiger partial charge is 0.178 e. The zero-order valence-electron chi connectivity index (χ0n) is 12.3. The second-order valence-corrected chi connectivity index (χ2v) is 6.76. The van der Waals surface area contributed by atoms with E-state index < -0.39 is 21.4 Å². The van der Waals surface area contributed by atoms with E-state index in [9.17, 15) is 13.2 Å². The molecule has 1 aromatic carbocycles. The van der Waals surface area contributed by atoms with E-state index in [1.54, 1.807) is 4.90 Å². The molecule has 0 saturated carbocycles. The van der Waals surface area contributed by atoms with Gasteiger partial charge in [0.25, 0.3) is 0 Å². The zero-order chi connectivity index (χ0) is 15.5. The number of rotatable bonds is 6. The van der Waals surface area contributed by atoms with Crippen LogP contribution in [0.15, 0.2) is 12.1 Å². The van der Waals surface area contributed by atoms with Crippen LogP contribution in [0.1, 0.15) is 10.4 Å². The molecule has 0 aromatic heterocycles. The Morgan fingerprint density at radius 3 is 1.90 bits per heavy atom. The van der Waals surface area contributed by atoms with Crippen LogP contribution in [0.25, 0.3) is 0 Å². The van der Waals surface area contributed by atoms with E-state index in [4.69, 9.17) is 9.47 Å². The third kappa shape index (κ3) is 3.86. The Morgan fingerprint density at radius 1 is 1.15 bits per heavy atom. The fraction of sp³-hybridized carbons (Fsp3) is 0.462. The number of carbonyl (C=O) groups is 1. The highest BCUT2D eigenvalue weighted by atomic mass is 32.2. The molecule has 0 saturated heterocycles. The summed E-state index contributed by atoms with van der Waals surface area (Å²) >= 11 is 0. The summed E-state index contributed by atoms with van der Waals surface area (Å²) < 4.78 is 32.9. The van der Waals surface area contributed by atoms with Gasteiger partial charge in [-0.25, -0.2) is 8.42 Å². The Labute approximate surface area is 119 Å². The van der Waals surface area contributed by atoms with E-state index in [0.717, 1.165) is 6.26 Å². The van der Waals surface area contributed by atoms with Crippen molar-refractivity contribution in [2.24, 2.45) is 0 Å². The van der Waals surface area contributed by atoms with E-state index in [0.29, 0.717) is 17.2 Å². The predicted octanol–water partition coefficient (Wildman–Crippen LogP) is 0.997. The van der Waals surface area contributed by atoms with Crippen molar-refractivity contribution in [1.29, 1.82) is 0 Å². The first kappa shape index (κ1) is 16.3. The van der Waals surface area contributed by atoms with Gasteiger partial charge in [0.05, 0.1) is 14.2 Å². The number of hydrogen-bond donors (Lipinski definition) is 0. The van der Waals surface area contributed by atoms with Crippen LogP contribution in [-0.4, -0.2) is 54.5 Å². The maximum absolute atomic E-state index is 12.0. The third-order valence-electron chi connectivity index (χ3n) is 2.64. The number of sulfone groups is 1. The summed E-state index contributed by atoms with van der Waals surface area (Å²) in [6.45, 7) is 0. The summed E-state index contributed by atoms with van der Waals surface area (Å²) in [6, 6.07) is 3.04. The van der Waals surface area contributed by atoms with Gasteiger partial charge in [0, 0.05) is 25.9 Å². The lowest BCUT2D eigenvalue weighted by atomic mass is 10.1. The molecule has 0 radical (unpaired) electrons. The van der Waals surface area contributed by atoms with Crippen molar-refractivity contribution in [3.63, 3.8) is 0 Å². The van der Waals surface area contributed by atoms with Gasteiger partial charge in [-0.1, -0.05) is 0 Å². The van der Waals surface area contributed by atoms with Crippen molar-refractivity contribution >= 4 is 21.3 Å². The molecule has 0 unspecified atom stereocenters. The molecule has 0 aliphatic carbocycles. The van der Waals surface area contributed by atoms with E-state index >= 15 is 0 Å². The summed E-state index contributed by atoms with van der Waals surface area (Å²) in [5.41, 5.74) is 0.931. The Kier molecular flexibility index (Phi) is 4.99. The number of nitrogens with zero attached hydrogens (tertiary/aromatic N) is 1. The average molecular weight is 301 g/mol. The van der Waals surface area contributed by atoms with Gasteiger partial charge in [-0.15, -0.1) is 0 Å². The van der Waals surface area contributed by atoms with Crippen molar-refractivity contribution in [3.8, 4) is 11.5 Å². The van der Waals surface area contributed by atoms with Crippen LogP contribution in [0, 0.1) is 0 Å². The highest BCUT2D eigenvalue weighted by Crippen LogP contribution is 2.38. The van der Waals surface area contributed by atoms with Gasteiger partial charge in [0.1, 0.15) is 22.9 Å². The van der Waals surface area contributed by atoms with Crippen LogP contribution < -0.4 is 14.4 Å². The topological polar surface area (TPSA) is 72.9 Å². The molecule has 6 nitrogen and oxygen atoms in total. The predicted molar refractivity (Wildman–Crippen MR) is 77.9 cm³/mol. The number of hydrogen-bond acceptors (Lipinski definition) is 6. The van der Waals surface area contributed by atoms with E-state index in [1.165, 1.54) is 26.4 Å². The normalized spacial score (nSPS) is 11.1. The number of ether oxygens (including phenoxy) is 2. The number of anilines is 1. The largest absolute Gasteiger partial charge is 0.494 e. The second-order valence-electron chi connectivity index (χ2n) is 4.62. The second kappa shape index (κ2) is 6.13. The molecule has 1 aromatic rings. The Balaban J connectivity index is 3.34. The van der Waals surface area contributed by atoms with Crippen LogP contribution in [0.3, 0.4) is 0 Å². The SMILES string of the molecule is COc1cc(C(=O)CS(C)(=O)=O)cc(OC)c1N(C)C. The summed E-state index contributed by atoms with van der Waals surface area (Å²) in [4.78, 5) is 13.8. The van der Waals surface area contributed by atoms with Gasteiger partial charge in [-0.05, 0) is 12.1 Å². The number of Topliss-reactive ketones (excluding diaryl/α,β-unsaturated/α-hetero) is 1. The standard InChI is InChI=1S/C13H19NO5S/c1-14(2)13-11(18-3)6-9(7-12(13)19-4)10(15)8-20(5,16)17/h6-7H,8H2,1-5H3. The van der Waals surface area contributed by atoms with Crippen LogP contribution in [0.5, 0.6) is 11.5 Å². The van der Waals surface area contributed by atoms with Crippen molar-refractivity contribution in [1.82, 2.24) is 0 Å². The van der Waals surface area contributed by atoms with Gasteiger partial charge in [-0.2, -0.15) is 0 Å². The molecule has 0 spiro atoms. The fourth-order valence-corrected chi connectivity index (χ4v) is 2.46. The number of ketones is 1. The van der Waals surface area contributed by atoms with Crippen LogP contribution in [-0.2, 0) is 9.84 Å². The summed E-state index contributed by atoms with van der Waals surface area (Å²) in [7, 11) is 3.21. The summed E-state index contributed by atoms with van der Waals surface area (Å²) in [5, 5.41) is 0. The van der Waals surface area contributed by atoms with E-state index in [2.05, 4.69) is 0 Å². The van der Waals surface area contributed by atoms with Crippen molar-refractivity contribution in [3.05, 3.63) is 17.7 Å². The lowest BCUT2D eigenvalue weighted by Crippen LogP contribution is -2.16. The van der Waals surface area contributed by atoms with E-state index in [-0.39, 0.29) is 5.56 Å². The molecular formula is C13H19NO5S. The Bertz CT molecular complexity index is 582. The minimum Gasteiger partial charge on any atom is -0.494 e. The van der Waals surface area contributed by atoms with E-state index in [1.807, 2.05) is 14.1 Å². The number of methoxy groups -OCH3 is 2. The molecule has 0 amide bonds. The molecule has 1 rings (SSSR count). The van der Waals surface area contributed by atoms with Gasteiger partial charge < -0.3 is 14.4 Å². The molecule has 0 fully saturated rings. The molecule has 0 heterocycles. The summed E-state index contributed by atoms with van der Waals surface area (Å²) in [6.07, 6.45) is 1.02. The zero-order valence-corrected chi connectivity index (χ0v) is 13.1. The first-order chi connectivity index (χ1) is 9.19. The van der Waals surface area contributed by atoms with Crippen LogP contribution >= 0.6 is 0 Å². The molecule has 0 bridgehead atoms. The first-order valence-electron chi connectivity index (χ1n) is 5.84. The minimum absolute atomic E-state index is 0.245. The monoisotopic (exact) mass is 301 g/mol. The highest BCUT2D eigenvalue weighted by Gasteiger charge is 2.20. The quantitative estimate of drug-likeness (QED) is 0.730. The molecule has 20 heavy (non-hydrogen) atoms. The molecule has 0 aliphatic rings. The number of carbonyl (C=O) groups excluding carboxylic acids is 1. The van der Waals surface area contributed by atoms with Gasteiger partial charge in [-0.3, -0.25) is 4.79 Å². The molecule has 112 valence electrons. The highest BCUT2D eigenvalue weighted by molar-refractivity contribution is 7.91. The maximum Gasteiger partial charge on any atom is 0.178 e. The third-order valence-corrected chi connectivity index (χ3v) is 3.43. The summed E-state index contributed by atoms with van der Waals surface area (Å²) in [5.74, 6) is -0.132. The van der Waals surface area contributed by atoms with Crippen LogP contribution in [0.2, 0.25) is 0 Å². The maximum atomic E-state index is 12.0. The first-order valence-corrected chi connectivity index (χ1v) is 7.90. The molecular weight excluding hydrogens is 282 g/mol. The molecule has 0 atom stereocenters. The van der Waals surface area contributed by atoms with Crippen LogP contribution in [0.4, 0.5) is 5.69 Å². The minimum atomic E-state index is -3.38. The molecule has 7 heteroatoms. The van der Waals surface area contributed by atoms with Crippen molar-refractivity contribution in [2.45, 2.75) is 0 Å². The molecule has 0 N–H and O–H groups in total. The Hall–Kier alpha value is -1.76. The molecule has 0 aliphatic heterocycles.